The van der Waals surface area contributed by atoms with E-state index in [4.69, 9.17) is 0 Å². The number of aliphatic hydroxyl groups excluding tert-OH is 1. The average Bonchev–Trinajstić information content (AvgIpc) is 2.41. The number of Topliss-reactive ketones (excluding diaryl/α,β-unsaturated/α-hetero) is 2. The van der Waals surface area contributed by atoms with E-state index < -0.39 is 11.7 Å². The Kier molecular flexibility index (Phi) is 5.29. The Morgan fingerprint density at radius 3 is 2.24 bits per heavy atom. The summed E-state index contributed by atoms with van der Waals surface area (Å²) in [5.74, 6) is -0.581. The molecule has 21 heavy (non-hydrogen) atoms. The molecule has 0 aromatic carbocycles. The number of aliphatic hydroxyl groups is 2. The van der Waals surface area contributed by atoms with E-state index >= 15 is 0 Å². The first-order chi connectivity index (χ1) is 9.50. The maximum absolute atomic E-state index is 12.3. The molecular weight excluding hydrogens is 268 g/mol. The predicted octanol–water partition coefficient (Wildman–Crippen LogP) is 2.34. The molecule has 2 unspecified atom stereocenters. The Balaban J connectivity index is 2.94. The zero-order valence-electron chi connectivity index (χ0n) is 13.8. The van der Waals surface area contributed by atoms with E-state index in [0.717, 1.165) is 0 Å². The monoisotopic (exact) mass is 294 g/mol. The third-order valence-electron chi connectivity index (χ3n) is 4.42. The molecule has 0 bridgehead atoms. The second kappa shape index (κ2) is 6.24. The van der Waals surface area contributed by atoms with Gasteiger partial charge in [0, 0.05) is 11.5 Å². The molecule has 0 saturated heterocycles. The van der Waals surface area contributed by atoms with Crippen molar-refractivity contribution in [2.24, 2.45) is 5.92 Å². The van der Waals surface area contributed by atoms with Crippen molar-refractivity contribution in [3.8, 4) is 0 Å². The molecule has 0 amide bonds. The van der Waals surface area contributed by atoms with Crippen molar-refractivity contribution in [2.45, 2.75) is 66.1 Å². The molecule has 0 heterocycles. The number of ketones is 2. The van der Waals surface area contributed by atoms with Gasteiger partial charge in [0.2, 0.25) is 0 Å². The van der Waals surface area contributed by atoms with Crippen LogP contribution in [-0.2, 0) is 9.59 Å². The Bertz CT molecular complexity index is 521. The lowest BCUT2D eigenvalue weighted by Crippen LogP contribution is -2.38. The topological polar surface area (TPSA) is 74.6 Å². The van der Waals surface area contributed by atoms with Gasteiger partial charge in [-0.05, 0) is 57.3 Å². The molecule has 1 aliphatic carbocycles. The molecule has 2 N–H and O–H groups in total. The van der Waals surface area contributed by atoms with E-state index in [0.29, 0.717) is 22.3 Å². The van der Waals surface area contributed by atoms with Gasteiger partial charge >= 0.3 is 0 Å². The van der Waals surface area contributed by atoms with Crippen molar-refractivity contribution in [1.82, 2.24) is 0 Å². The number of hydrogen-bond acceptors (Lipinski definition) is 4. The Morgan fingerprint density at radius 2 is 1.76 bits per heavy atom. The van der Waals surface area contributed by atoms with Gasteiger partial charge in [-0.2, -0.15) is 0 Å². The first-order valence-electron chi connectivity index (χ1n) is 7.37. The van der Waals surface area contributed by atoms with Crippen molar-refractivity contribution in [1.29, 1.82) is 0 Å². The SMILES string of the molecule is CC1=C(C)C(O)C(C)=C(CCC(C)(O)C(=O)C(C)C)C1=O. The summed E-state index contributed by atoms with van der Waals surface area (Å²) in [5.41, 5.74) is 0.916. The molecule has 0 spiro atoms. The summed E-state index contributed by atoms with van der Waals surface area (Å²) < 4.78 is 0. The standard InChI is InChI=1S/C17H26O4/c1-9(2)16(20)17(6,21)8-7-13-12(5)14(18)10(3)11(4)15(13)19/h9,14,18,21H,7-8H2,1-6H3. The van der Waals surface area contributed by atoms with Crippen LogP contribution in [0.3, 0.4) is 0 Å². The van der Waals surface area contributed by atoms with Crippen molar-refractivity contribution < 1.29 is 19.8 Å². The Hall–Kier alpha value is -1.26. The maximum Gasteiger partial charge on any atom is 0.184 e. The quantitative estimate of drug-likeness (QED) is 0.816. The van der Waals surface area contributed by atoms with Crippen molar-refractivity contribution >= 4 is 11.6 Å². The second-order valence-electron chi connectivity index (χ2n) is 6.49. The first kappa shape index (κ1) is 17.8. The van der Waals surface area contributed by atoms with Crippen LogP contribution in [0.15, 0.2) is 22.3 Å². The van der Waals surface area contributed by atoms with Crippen LogP contribution in [0, 0.1) is 5.92 Å². The van der Waals surface area contributed by atoms with E-state index in [1.54, 1.807) is 34.6 Å². The summed E-state index contributed by atoms with van der Waals surface area (Å²) in [6.07, 6.45) is -0.275. The maximum atomic E-state index is 12.3. The minimum Gasteiger partial charge on any atom is -0.384 e. The first-order valence-corrected chi connectivity index (χ1v) is 7.37. The van der Waals surface area contributed by atoms with Gasteiger partial charge in [-0.25, -0.2) is 0 Å². The van der Waals surface area contributed by atoms with E-state index in [-0.39, 0.29) is 30.3 Å². The van der Waals surface area contributed by atoms with Crippen LogP contribution in [0.4, 0.5) is 0 Å². The lowest BCUT2D eigenvalue weighted by molar-refractivity contribution is -0.139. The smallest absolute Gasteiger partial charge is 0.184 e. The van der Waals surface area contributed by atoms with Crippen LogP contribution in [0.2, 0.25) is 0 Å². The molecule has 0 fully saturated rings. The molecule has 1 rings (SSSR count). The third-order valence-corrected chi connectivity index (χ3v) is 4.42. The van der Waals surface area contributed by atoms with Gasteiger partial charge in [-0.3, -0.25) is 9.59 Å². The Morgan fingerprint density at radius 1 is 1.24 bits per heavy atom. The normalized spacial score (nSPS) is 22.9. The Labute approximate surface area is 126 Å². The van der Waals surface area contributed by atoms with Gasteiger partial charge in [-0.1, -0.05) is 13.8 Å². The highest BCUT2D eigenvalue weighted by atomic mass is 16.3. The van der Waals surface area contributed by atoms with Crippen LogP contribution in [-0.4, -0.2) is 33.5 Å². The highest BCUT2D eigenvalue weighted by Gasteiger charge is 2.34. The summed E-state index contributed by atoms with van der Waals surface area (Å²) in [6, 6.07) is 0. The number of carbonyl (C=O) groups is 2. The summed E-state index contributed by atoms with van der Waals surface area (Å²) in [6.45, 7) is 10.2. The number of carbonyl (C=O) groups excluding carboxylic acids is 2. The summed E-state index contributed by atoms with van der Waals surface area (Å²) in [7, 11) is 0. The highest BCUT2D eigenvalue weighted by Crippen LogP contribution is 2.31. The van der Waals surface area contributed by atoms with Gasteiger partial charge in [0.05, 0.1) is 6.10 Å². The summed E-state index contributed by atoms with van der Waals surface area (Å²) >= 11 is 0. The van der Waals surface area contributed by atoms with Crippen LogP contribution in [0.5, 0.6) is 0 Å². The molecule has 0 radical (unpaired) electrons. The van der Waals surface area contributed by atoms with E-state index in [2.05, 4.69) is 0 Å². The molecule has 1 aliphatic rings. The van der Waals surface area contributed by atoms with Crippen LogP contribution < -0.4 is 0 Å². The summed E-state index contributed by atoms with van der Waals surface area (Å²) in [4.78, 5) is 24.3. The van der Waals surface area contributed by atoms with Gasteiger partial charge < -0.3 is 10.2 Å². The van der Waals surface area contributed by atoms with Crippen molar-refractivity contribution in [2.75, 3.05) is 0 Å². The number of rotatable bonds is 5. The molecule has 0 aromatic heterocycles. The zero-order valence-corrected chi connectivity index (χ0v) is 13.8. The molecule has 118 valence electrons. The number of allylic oxidation sites excluding steroid dienone is 2. The number of hydrogen-bond donors (Lipinski definition) is 2. The van der Waals surface area contributed by atoms with E-state index in [1.165, 1.54) is 6.92 Å². The molecule has 0 aliphatic heterocycles. The fourth-order valence-electron chi connectivity index (χ4n) is 2.70. The molecular formula is C17H26O4. The second-order valence-corrected chi connectivity index (χ2v) is 6.49. The van der Waals surface area contributed by atoms with Crippen LogP contribution in [0.1, 0.15) is 54.4 Å². The largest absolute Gasteiger partial charge is 0.384 e. The van der Waals surface area contributed by atoms with E-state index in [1.807, 2.05) is 0 Å². The molecule has 2 atom stereocenters. The van der Waals surface area contributed by atoms with Crippen LogP contribution >= 0.6 is 0 Å². The summed E-state index contributed by atoms with van der Waals surface area (Å²) in [5, 5.41) is 20.4. The predicted molar refractivity (Wildman–Crippen MR) is 81.8 cm³/mol. The van der Waals surface area contributed by atoms with Gasteiger partial charge in [0.25, 0.3) is 0 Å². The lowest BCUT2D eigenvalue weighted by Gasteiger charge is -2.28. The minimum atomic E-state index is -1.45. The molecule has 0 saturated carbocycles. The van der Waals surface area contributed by atoms with Crippen LogP contribution in [0.25, 0.3) is 0 Å². The fourth-order valence-corrected chi connectivity index (χ4v) is 2.70. The highest BCUT2D eigenvalue weighted by molar-refractivity contribution is 6.10. The van der Waals surface area contributed by atoms with Gasteiger partial charge in [0.1, 0.15) is 5.60 Å². The van der Waals surface area contributed by atoms with Gasteiger partial charge in [-0.15, -0.1) is 0 Å². The van der Waals surface area contributed by atoms with Crippen molar-refractivity contribution in [3.63, 3.8) is 0 Å². The van der Waals surface area contributed by atoms with Gasteiger partial charge in [0.15, 0.2) is 11.6 Å². The minimum absolute atomic E-state index is 0.0944. The molecule has 4 nitrogen and oxygen atoms in total. The fraction of sp³-hybridized carbons (Fsp3) is 0.647. The molecule has 4 heteroatoms. The van der Waals surface area contributed by atoms with E-state index in [9.17, 15) is 19.8 Å². The lowest BCUT2D eigenvalue weighted by atomic mass is 9.80. The average molecular weight is 294 g/mol. The third kappa shape index (κ3) is 3.50. The van der Waals surface area contributed by atoms with Crippen molar-refractivity contribution in [3.05, 3.63) is 22.3 Å². The molecule has 0 aromatic rings. The zero-order chi connectivity index (χ0) is 16.5.